The molecule has 2 aromatic carbocycles. The fraction of sp³-hybridized carbons (Fsp3) is 0.136. The van der Waals surface area contributed by atoms with Gasteiger partial charge in [0.25, 0.3) is 11.5 Å². The lowest BCUT2D eigenvalue weighted by atomic mass is 10.1. The molecule has 5 rings (SSSR count). The monoisotopic (exact) mass is 435 g/mol. The number of ether oxygens (including phenoxy) is 2. The molecule has 8 nitrogen and oxygen atoms in total. The first-order chi connectivity index (χ1) is 15.1. The number of furan rings is 1. The van der Waals surface area contributed by atoms with E-state index in [1.54, 1.807) is 54.8 Å². The van der Waals surface area contributed by atoms with Gasteiger partial charge in [-0.25, -0.2) is 0 Å². The highest BCUT2D eigenvalue weighted by Crippen LogP contribution is 2.34. The quantitative estimate of drug-likeness (QED) is 0.467. The summed E-state index contributed by atoms with van der Waals surface area (Å²) < 4.78 is 17.7. The fourth-order valence-electron chi connectivity index (χ4n) is 3.41. The molecule has 0 spiro atoms. The van der Waals surface area contributed by atoms with Crippen molar-refractivity contribution in [3.8, 4) is 11.5 Å². The van der Waals surface area contributed by atoms with Gasteiger partial charge < -0.3 is 24.2 Å². The molecule has 0 bridgehead atoms. The van der Waals surface area contributed by atoms with Gasteiger partial charge in [0.2, 0.25) is 6.79 Å². The number of hydrogen-bond donors (Lipinski definition) is 2. The number of benzene rings is 2. The summed E-state index contributed by atoms with van der Waals surface area (Å²) >= 11 is 5.40. The topological polar surface area (TPSA) is 98.5 Å². The molecule has 0 atom stereocenters. The van der Waals surface area contributed by atoms with Gasteiger partial charge in [-0.05, 0) is 48.1 Å². The predicted molar refractivity (Wildman–Crippen MR) is 115 cm³/mol. The Balaban J connectivity index is 1.37. The van der Waals surface area contributed by atoms with E-state index in [4.69, 9.17) is 26.1 Å². The number of nitrogens with one attached hydrogen (secondary N) is 2. The van der Waals surface area contributed by atoms with Crippen LogP contribution in [0.25, 0.3) is 10.9 Å². The van der Waals surface area contributed by atoms with E-state index in [2.05, 4.69) is 10.3 Å². The first kappa shape index (κ1) is 19.1. The van der Waals surface area contributed by atoms with Crippen LogP contribution in [0.2, 0.25) is 0 Å². The van der Waals surface area contributed by atoms with Crippen LogP contribution in [0.3, 0.4) is 0 Å². The van der Waals surface area contributed by atoms with Crippen molar-refractivity contribution < 1.29 is 18.7 Å². The third kappa shape index (κ3) is 3.71. The maximum atomic E-state index is 13.0. The normalized spacial score (nSPS) is 12.3. The Morgan fingerprint density at radius 1 is 1.13 bits per heavy atom. The van der Waals surface area contributed by atoms with E-state index in [0.29, 0.717) is 45.0 Å². The minimum Gasteiger partial charge on any atom is -0.467 e. The standard InChI is InChI=1S/C22H17N3O5S/c26-20(23-10-15-2-1-7-28-15)14-5-3-13(4-6-14)11-25-21(27)16-8-18-19(30-12-29-18)9-17(16)24-22(25)31/h1-9H,10-12H2,(H,23,26)(H,24,31). The number of amides is 1. The average Bonchev–Trinajstić information content (AvgIpc) is 3.46. The zero-order valence-corrected chi connectivity index (χ0v) is 17.0. The van der Waals surface area contributed by atoms with Crippen LogP contribution >= 0.6 is 12.2 Å². The Morgan fingerprint density at radius 2 is 1.90 bits per heavy atom. The molecule has 0 fully saturated rings. The molecule has 3 heterocycles. The summed E-state index contributed by atoms with van der Waals surface area (Å²) in [5, 5.41) is 3.26. The molecular weight excluding hydrogens is 418 g/mol. The van der Waals surface area contributed by atoms with Crippen molar-refractivity contribution in [2.24, 2.45) is 0 Å². The van der Waals surface area contributed by atoms with Crippen LogP contribution in [0.5, 0.6) is 11.5 Å². The molecule has 2 N–H and O–H groups in total. The number of carbonyl (C=O) groups excluding carboxylic acids is 1. The lowest BCUT2D eigenvalue weighted by molar-refractivity contribution is 0.0948. The summed E-state index contributed by atoms with van der Waals surface area (Å²) in [6, 6.07) is 14.0. The van der Waals surface area contributed by atoms with E-state index in [1.165, 1.54) is 4.57 Å². The number of H-pyrrole nitrogens is 1. The number of fused-ring (bicyclic) bond motifs is 2. The van der Waals surface area contributed by atoms with Gasteiger partial charge in [0.15, 0.2) is 16.3 Å². The largest absolute Gasteiger partial charge is 0.467 e. The first-order valence-corrected chi connectivity index (χ1v) is 9.95. The highest BCUT2D eigenvalue weighted by molar-refractivity contribution is 7.71. The summed E-state index contributed by atoms with van der Waals surface area (Å²) in [4.78, 5) is 28.4. The van der Waals surface area contributed by atoms with Crippen molar-refractivity contribution >= 4 is 29.0 Å². The number of aromatic amines is 1. The molecule has 1 aliphatic rings. The number of carbonyl (C=O) groups is 1. The third-order valence-corrected chi connectivity index (χ3v) is 5.36. The van der Waals surface area contributed by atoms with Crippen LogP contribution in [0.4, 0.5) is 0 Å². The smallest absolute Gasteiger partial charge is 0.262 e. The second-order valence-corrected chi connectivity index (χ2v) is 7.42. The van der Waals surface area contributed by atoms with Gasteiger partial charge in [0, 0.05) is 11.6 Å². The molecular formula is C22H17N3O5S. The minimum atomic E-state index is -0.225. The van der Waals surface area contributed by atoms with Gasteiger partial charge in [-0.15, -0.1) is 0 Å². The summed E-state index contributed by atoms with van der Waals surface area (Å²) in [7, 11) is 0. The molecule has 0 saturated heterocycles. The van der Waals surface area contributed by atoms with E-state index in [1.807, 2.05) is 0 Å². The van der Waals surface area contributed by atoms with Crippen LogP contribution in [-0.2, 0) is 13.1 Å². The van der Waals surface area contributed by atoms with E-state index >= 15 is 0 Å². The number of rotatable bonds is 5. The SMILES string of the molecule is O=C(NCc1ccco1)c1ccc(Cn2c(=S)[nH]c3cc4c(cc3c2=O)OCO4)cc1. The number of aromatic nitrogens is 2. The summed E-state index contributed by atoms with van der Waals surface area (Å²) in [5.74, 6) is 1.58. The van der Waals surface area contributed by atoms with E-state index in [-0.39, 0.29) is 24.8 Å². The van der Waals surface area contributed by atoms with Gasteiger partial charge in [-0.2, -0.15) is 0 Å². The second kappa shape index (κ2) is 7.77. The Bertz CT molecular complexity index is 1390. The van der Waals surface area contributed by atoms with Crippen LogP contribution in [0.15, 0.2) is 64.0 Å². The van der Waals surface area contributed by atoms with Crippen molar-refractivity contribution in [3.63, 3.8) is 0 Å². The van der Waals surface area contributed by atoms with E-state index < -0.39 is 0 Å². The van der Waals surface area contributed by atoms with Crippen molar-refractivity contribution in [2.75, 3.05) is 6.79 Å². The van der Waals surface area contributed by atoms with Crippen LogP contribution < -0.4 is 20.3 Å². The number of hydrogen-bond acceptors (Lipinski definition) is 6. The third-order valence-electron chi connectivity index (χ3n) is 5.04. The molecule has 31 heavy (non-hydrogen) atoms. The first-order valence-electron chi connectivity index (χ1n) is 9.54. The van der Waals surface area contributed by atoms with Crippen molar-refractivity contribution in [3.05, 3.63) is 86.8 Å². The Labute approximate surface area is 181 Å². The van der Waals surface area contributed by atoms with E-state index in [0.717, 1.165) is 5.56 Å². The molecule has 4 aromatic rings. The summed E-state index contributed by atoms with van der Waals surface area (Å²) in [6.07, 6.45) is 1.56. The van der Waals surface area contributed by atoms with Gasteiger partial charge in [-0.1, -0.05) is 12.1 Å². The Morgan fingerprint density at radius 3 is 2.65 bits per heavy atom. The lowest BCUT2D eigenvalue weighted by Gasteiger charge is -2.10. The van der Waals surface area contributed by atoms with Gasteiger partial charge in [0.05, 0.1) is 30.3 Å². The van der Waals surface area contributed by atoms with Crippen molar-refractivity contribution in [1.29, 1.82) is 0 Å². The Kier molecular flexibility index (Phi) is 4.79. The lowest BCUT2D eigenvalue weighted by Crippen LogP contribution is -2.23. The summed E-state index contributed by atoms with van der Waals surface area (Å²) in [5.41, 5.74) is 1.72. The maximum absolute atomic E-state index is 13.0. The molecule has 0 saturated carbocycles. The highest BCUT2D eigenvalue weighted by atomic mass is 32.1. The van der Waals surface area contributed by atoms with Gasteiger partial charge in [-0.3, -0.25) is 14.2 Å². The van der Waals surface area contributed by atoms with Crippen molar-refractivity contribution in [1.82, 2.24) is 14.9 Å². The van der Waals surface area contributed by atoms with Crippen LogP contribution in [-0.4, -0.2) is 22.3 Å². The van der Waals surface area contributed by atoms with Gasteiger partial charge in [0.1, 0.15) is 5.76 Å². The van der Waals surface area contributed by atoms with Gasteiger partial charge >= 0.3 is 0 Å². The molecule has 0 unspecified atom stereocenters. The average molecular weight is 435 g/mol. The molecule has 156 valence electrons. The predicted octanol–water partition coefficient (Wildman–Crippen LogP) is 3.36. The molecule has 1 aliphatic heterocycles. The van der Waals surface area contributed by atoms with Crippen molar-refractivity contribution in [2.45, 2.75) is 13.1 Å². The van der Waals surface area contributed by atoms with Crippen LogP contribution in [0, 0.1) is 4.77 Å². The highest BCUT2D eigenvalue weighted by Gasteiger charge is 2.17. The maximum Gasteiger partial charge on any atom is 0.262 e. The zero-order valence-electron chi connectivity index (χ0n) is 16.2. The molecule has 9 heteroatoms. The Hall–Kier alpha value is -3.85. The minimum absolute atomic E-state index is 0.127. The zero-order chi connectivity index (χ0) is 21.4. The number of nitrogens with zero attached hydrogens (tertiary/aromatic N) is 1. The molecule has 0 aliphatic carbocycles. The molecule has 1 amide bonds. The fourth-order valence-corrected chi connectivity index (χ4v) is 3.67. The molecule has 0 radical (unpaired) electrons. The van der Waals surface area contributed by atoms with E-state index in [9.17, 15) is 9.59 Å². The molecule has 2 aromatic heterocycles. The summed E-state index contributed by atoms with van der Waals surface area (Å²) in [6.45, 7) is 0.711. The second-order valence-electron chi connectivity index (χ2n) is 7.03. The van der Waals surface area contributed by atoms with Crippen LogP contribution in [0.1, 0.15) is 21.7 Å².